The van der Waals surface area contributed by atoms with Crippen molar-refractivity contribution in [3.63, 3.8) is 0 Å². The second-order valence-electron chi connectivity index (χ2n) is 7.24. The first-order valence-corrected chi connectivity index (χ1v) is 9.90. The number of nitrogens with one attached hydrogen (secondary N) is 1. The fraction of sp³-hybridized carbons (Fsp3) is 0.500. The molecule has 4 rings (SSSR count). The van der Waals surface area contributed by atoms with Gasteiger partial charge in [-0.25, -0.2) is 0 Å². The van der Waals surface area contributed by atoms with E-state index in [4.69, 9.17) is 9.47 Å². The molecule has 0 radical (unpaired) electrons. The zero-order valence-electron chi connectivity index (χ0n) is 15.2. The Hall–Kier alpha value is -1.27. The summed E-state index contributed by atoms with van der Waals surface area (Å²) in [5, 5.41) is 5.60. The monoisotopic (exact) mass is 394 g/mol. The van der Waals surface area contributed by atoms with E-state index in [2.05, 4.69) is 33.8 Å². The number of halogens is 1. The highest BCUT2D eigenvalue weighted by Gasteiger charge is 2.40. The zero-order valence-corrected chi connectivity index (χ0v) is 16.8. The Morgan fingerprint density at radius 2 is 2.15 bits per heavy atom. The van der Waals surface area contributed by atoms with Gasteiger partial charge in [0.1, 0.15) is 6.61 Å². The van der Waals surface area contributed by atoms with Crippen molar-refractivity contribution in [1.82, 2.24) is 10.2 Å². The van der Waals surface area contributed by atoms with Crippen LogP contribution < -0.4 is 14.8 Å². The van der Waals surface area contributed by atoms with Crippen LogP contribution in [0.2, 0.25) is 0 Å². The maximum absolute atomic E-state index is 5.94. The molecule has 2 fully saturated rings. The number of hydrogen-bond donors (Lipinski definition) is 1. The number of methoxy groups -OCH3 is 1. The van der Waals surface area contributed by atoms with Gasteiger partial charge in [0.15, 0.2) is 11.5 Å². The minimum Gasteiger partial charge on any atom is -0.493 e. The first-order chi connectivity index (χ1) is 12.3. The van der Waals surface area contributed by atoms with Crippen molar-refractivity contribution >= 4 is 23.7 Å². The van der Waals surface area contributed by atoms with Crippen LogP contribution in [-0.2, 0) is 13.2 Å². The van der Waals surface area contributed by atoms with Gasteiger partial charge in [-0.2, -0.15) is 0 Å². The van der Waals surface area contributed by atoms with Gasteiger partial charge in [-0.3, -0.25) is 4.90 Å². The third kappa shape index (κ3) is 4.34. The summed E-state index contributed by atoms with van der Waals surface area (Å²) < 4.78 is 11.5. The van der Waals surface area contributed by atoms with Crippen LogP contribution in [-0.4, -0.2) is 38.2 Å². The van der Waals surface area contributed by atoms with E-state index in [1.54, 1.807) is 18.4 Å². The molecule has 1 unspecified atom stereocenters. The average Bonchev–Trinajstić information content (AvgIpc) is 3.38. The summed E-state index contributed by atoms with van der Waals surface area (Å²) >= 11 is 1.71. The summed E-state index contributed by atoms with van der Waals surface area (Å²) in [6, 6.07) is 10.5. The minimum atomic E-state index is 0. The predicted octanol–water partition coefficient (Wildman–Crippen LogP) is 3.94. The van der Waals surface area contributed by atoms with E-state index in [0.29, 0.717) is 12.0 Å². The van der Waals surface area contributed by atoms with Gasteiger partial charge in [0.05, 0.1) is 7.11 Å². The molecule has 3 heterocycles. The van der Waals surface area contributed by atoms with E-state index in [-0.39, 0.29) is 12.4 Å². The van der Waals surface area contributed by atoms with E-state index >= 15 is 0 Å². The molecule has 4 nitrogen and oxygen atoms in total. The van der Waals surface area contributed by atoms with Gasteiger partial charge in [-0.1, -0.05) is 12.1 Å². The van der Waals surface area contributed by atoms with Crippen molar-refractivity contribution in [2.75, 3.05) is 33.3 Å². The van der Waals surface area contributed by atoms with Crippen molar-refractivity contribution in [2.24, 2.45) is 5.41 Å². The first-order valence-electron chi connectivity index (χ1n) is 9.02. The molecular formula is C20H27ClN2O2S. The van der Waals surface area contributed by atoms with Crippen LogP contribution in [0, 0.1) is 5.41 Å². The predicted molar refractivity (Wildman–Crippen MR) is 109 cm³/mol. The Morgan fingerprint density at radius 1 is 1.23 bits per heavy atom. The summed E-state index contributed by atoms with van der Waals surface area (Å²) in [6.45, 7) is 6.35. The molecule has 1 aromatic carbocycles. The maximum Gasteiger partial charge on any atom is 0.161 e. The first kappa shape index (κ1) is 19.5. The number of benzene rings is 1. The number of rotatable bonds is 6. The molecule has 1 aromatic heterocycles. The molecule has 2 aliphatic heterocycles. The van der Waals surface area contributed by atoms with Crippen LogP contribution in [0.15, 0.2) is 35.7 Å². The molecule has 1 N–H and O–H groups in total. The lowest BCUT2D eigenvalue weighted by Gasteiger charge is -2.23. The van der Waals surface area contributed by atoms with Gasteiger partial charge in [-0.15, -0.1) is 23.7 Å². The second kappa shape index (κ2) is 8.61. The summed E-state index contributed by atoms with van der Waals surface area (Å²) in [7, 11) is 1.71. The fourth-order valence-electron chi connectivity index (χ4n) is 4.04. The van der Waals surface area contributed by atoms with Crippen LogP contribution in [0.4, 0.5) is 0 Å². The van der Waals surface area contributed by atoms with Gasteiger partial charge in [0.2, 0.25) is 0 Å². The highest BCUT2D eigenvalue weighted by molar-refractivity contribution is 7.09. The Bertz CT molecular complexity index is 702. The number of thiophene rings is 1. The SMILES string of the molecule is COc1cc(CN2CCC3(CCNC3)C2)ccc1OCc1cccs1.Cl. The average molecular weight is 395 g/mol. The van der Waals surface area contributed by atoms with Crippen molar-refractivity contribution < 1.29 is 9.47 Å². The van der Waals surface area contributed by atoms with Crippen LogP contribution in [0.5, 0.6) is 11.5 Å². The van der Waals surface area contributed by atoms with Crippen molar-refractivity contribution in [2.45, 2.75) is 26.0 Å². The lowest BCUT2D eigenvalue weighted by molar-refractivity contribution is 0.267. The fourth-order valence-corrected chi connectivity index (χ4v) is 4.65. The number of likely N-dealkylation sites (tertiary alicyclic amines) is 1. The second-order valence-corrected chi connectivity index (χ2v) is 8.27. The third-order valence-electron chi connectivity index (χ3n) is 5.43. The van der Waals surface area contributed by atoms with Crippen LogP contribution in [0.1, 0.15) is 23.3 Å². The zero-order chi connectivity index (χ0) is 17.1. The quantitative estimate of drug-likeness (QED) is 0.804. The minimum absolute atomic E-state index is 0. The van der Waals surface area contributed by atoms with Crippen LogP contribution in [0.3, 0.4) is 0 Å². The summed E-state index contributed by atoms with van der Waals surface area (Å²) in [6.07, 6.45) is 2.64. The highest BCUT2D eigenvalue weighted by atomic mass is 35.5. The molecule has 6 heteroatoms. The standard InChI is InChI=1S/C20H26N2O2S.ClH/c1-23-19-11-16(4-5-18(19)24-13-17-3-2-10-25-17)12-22-9-7-20(15-22)6-8-21-14-20;/h2-5,10-11,21H,6-9,12-15H2,1H3;1H. The molecule has 2 saturated heterocycles. The Kier molecular flexibility index (Phi) is 6.46. The molecule has 0 bridgehead atoms. The Labute approximate surface area is 165 Å². The summed E-state index contributed by atoms with van der Waals surface area (Å²) in [4.78, 5) is 3.80. The van der Waals surface area contributed by atoms with Crippen molar-refractivity contribution in [3.8, 4) is 11.5 Å². The van der Waals surface area contributed by atoms with E-state index < -0.39 is 0 Å². The maximum atomic E-state index is 5.94. The third-order valence-corrected chi connectivity index (χ3v) is 6.28. The molecule has 0 amide bonds. The van der Waals surface area contributed by atoms with Gasteiger partial charge in [0.25, 0.3) is 0 Å². The number of nitrogens with zero attached hydrogens (tertiary/aromatic N) is 1. The largest absolute Gasteiger partial charge is 0.493 e. The van der Waals surface area contributed by atoms with Crippen molar-refractivity contribution in [1.29, 1.82) is 0 Å². The molecule has 1 spiro atoms. The van der Waals surface area contributed by atoms with Crippen molar-refractivity contribution in [3.05, 3.63) is 46.2 Å². The smallest absolute Gasteiger partial charge is 0.161 e. The van der Waals surface area contributed by atoms with Gasteiger partial charge in [-0.05, 0) is 60.5 Å². The van der Waals surface area contributed by atoms with Gasteiger partial charge < -0.3 is 14.8 Å². The summed E-state index contributed by atoms with van der Waals surface area (Å²) in [5.74, 6) is 1.64. The molecule has 2 aromatic rings. The van der Waals surface area contributed by atoms with E-state index in [1.165, 1.54) is 49.5 Å². The lowest BCUT2D eigenvalue weighted by atomic mass is 9.86. The Morgan fingerprint density at radius 3 is 2.88 bits per heavy atom. The summed E-state index contributed by atoms with van der Waals surface area (Å²) in [5.41, 5.74) is 1.82. The Balaban J connectivity index is 0.00000196. The molecule has 0 saturated carbocycles. The highest BCUT2D eigenvalue weighted by Crippen LogP contribution is 2.37. The normalized spacial score (nSPS) is 22.5. The van der Waals surface area contributed by atoms with Gasteiger partial charge >= 0.3 is 0 Å². The number of ether oxygens (including phenoxy) is 2. The molecule has 1 atom stereocenters. The van der Waals surface area contributed by atoms with E-state index in [1.807, 2.05) is 12.1 Å². The van der Waals surface area contributed by atoms with Crippen LogP contribution in [0.25, 0.3) is 0 Å². The van der Waals surface area contributed by atoms with E-state index in [0.717, 1.165) is 18.0 Å². The lowest BCUT2D eigenvalue weighted by Crippen LogP contribution is -2.28. The molecule has 0 aliphatic carbocycles. The molecular weight excluding hydrogens is 368 g/mol. The molecule has 2 aliphatic rings. The molecule has 142 valence electrons. The topological polar surface area (TPSA) is 33.7 Å². The van der Waals surface area contributed by atoms with E-state index in [9.17, 15) is 0 Å². The molecule has 26 heavy (non-hydrogen) atoms. The van der Waals surface area contributed by atoms with Crippen LogP contribution >= 0.6 is 23.7 Å². The number of hydrogen-bond acceptors (Lipinski definition) is 5. The van der Waals surface area contributed by atoms with Gasteiger partial charge in [0, 0.05) is 24.5 Å².